The van der Waals surface area contributed by atoms with E-state index in [1.807, 2.05) is 0 Å². The third kappa shape index (κ3) is 2.89. The van der Waals surface area contributed by atoms with Crippen LogP contribution in [-0.2, 0) is 4.79 Å². The maximum atomic E-state index is 12.4. The Morgan fingerprint density at radius 1 is 1.25 bits per heavy atom. The number of hydrogen-bond acceptors (Lipinski definition) is 3. The van der Waals surface area contributed by atoms with E-state index in [9.17, 15) is 9.59 Å². The van der Waals surface area contributed by atoms with Gasteiger partial charge in [-0.25, -0.2) is 0 Å². The van der Waals surface area contributed by atoms with Gasteiger partial charge in [-0.15, -0.1) is 0 Å². The van der Waals surface area contributed by atoms with Crippen molar-refractivity contribution in [1.82, 2.24) is 4.68 Å². The summed E-state index contributed by atoms with van der Waals surface area (Å²) in [7, 11) is 0. The number of nitrogens with zero attached hydrogens (tertiary/aromatic N) is 1. The number of nitrogens with two attached hydrogens (primary N) is 1. The van der Waals surface area contributed by atoms with Crippen LogP contribution in [0.1, 0.15) is 23.0 Å². The summed E-state index contributed by atoms with van der Waals surface area (Å²) in [4.78, 5) is 24.0. The monoisotopic (exact) mass is 291 g/mol. The molecule has 0 saturated heterocycles. The third-order valence-corrected chi connectivity index (χ3v) is 3.07. The van der Waals surface area contributed by atoms with Crippen LogP contribution in [0.15, 0.2) is 42.6 Å². The molecule has 1 unspecified atom stereocenters. The number of amides is 1. The number of benzene rings is 1. The summed E-state index contributed by atoms with van der Waals surface area (Å²) < 4.78 is 1.34. The summed E-state index contributed by atoms with van der Waals surface area (Å²) in [5.41, 5.74) is 8.72. The molecular formula is C14H14ClN3O2. The van der Waals surface area contributed by atoms with Crippen molar-refractivity contribution in [2.24, 2.45) is 5.73 Å². The molecule has 2 aromatic rings. The number of carbonyl (C=O) groups is 2. The van der Waals surface area contributed by atoms with Crippen molar-refractivity contribution in [2.45, 2.75) is 13.0 Å². The molecule has 1 heterocycles. The van der Waals surface area contributed by atoms with Crippen LogP contribution >= 0.6 is 11.6 Å². The van der Waals surface area contributed by atoms with Crippen LogP contribution in [0.4, 0.5) is 0 Å². The lowest BCUT2D eigenvalue weighted by Gasteiger charge is -2.12. The van der Waals surface area contributed by atoms with Crippen LogP contribution in [0.25, 0.3) is 0 Å². The molecule has 0 radical (unpaired) electrons. The number of halogens is 1. The average Bonchev–Trinajstić information content (AvgIpc) is 2.86. The summed E-state index contributed by atoms with van der Waals surface area (Å²) in [6.07, 6.45) is 1.57. The first-order chi connectivity index (χ1) is 9.50. The minimum atomic E-state index is -0.666. The van der Waals surface area contributed by atoms with Gasteiger partial charge in [0.2, 0.25) is 5.78 Å². The number of carbonyl (C=O) groups excluding carboxylic acids is 2. The highest BCUT2D eigenvalue weighted by molar-refractivity contribution is 6.34. The molecule has 0 saturated carbocycles. The molecular weight excluding hydrogens is 278 g/mol. The molecule has 104 valence electrons. The van der Waals surface area contributed by atoms with Gasteiger partial charge in [-0.1, -0.05) is 23.7 Å². The van der Waals surface area contributed by atoms with Gasteiger partial charge in [0.05, 0.1) is 11.1 Å². The van der Waals surface area contributed by atoms with Crippen LogP contribution in [0.3, 0.4) is 0 Å². The minimum absolute atomic E-state index is 0.273. The molecule has 1 aromatic heterocycles. The molecule has 0 aliphatic heterocycles. The number of hydrogen-bond donors (Lipinski definition) is 2. The zero-order valence-electron chi connectivity index (χ0n) is 10.8. The van der Waals surface area contributed by atoms with E-state index >= 15 is 0 Å². The molecule has 0 aliphatic carbocycles. The third-order valence-electron chi connectivity index (χ3n) is 2.74. The molecule has 0 spiro atoms. The Hall–Kier alpha value is -2.11. The van der Waals surface area contributed by atoms with Gasteiger partial charge in [0.15, 0.2) is 0 Å². The first-order valence-corrected chi connectivity index (χ1v) is 6.41. The Morgan fingerprint density at radius 2 is 1.95 bits per heavy atom. The second-order valence-corrected chi connectivity index (χ2v) is 4.74. The number of rotatable bonds is 4. The highest BCUT2D eigenvalue weighted by atomic mass is 35.5. The van der Waals surface area contributed by atoms with Gasteiger partial charge in [-0.3, -0.25) is 19.7 Å². The van der Waals surface area contributed by atoms with Gasteiger partial charge in [-0.2, -0.15) is 0 Å². The van der Waals surface area contributed by atoms with E-state index in [4.69, 9.17) is 17.3 Å². The topological polar surface area (TPSA) is 77.1 Å². The molecule has 2 rings (SSSR count). The number of ketones is 1. The van der Waals surface area contributed by atoms with E-state index in [0.29, 0.717) is 16.3 Å². The molecule has 0 aliphatic rings. The van der Waals surface area contributed by atoms with Crippen LogP contribution in [-0.4, -0.2) is 22.4 Å². The fourth-order valence-corrected chi connectivity index (χ4v) is 1.89. The summed E-state index contributed by atoms with van der Waals surface area (Å²) in [5.74, 6) is -0.653. The largest absolute Gasteiger partial charge is 0.320 e. The van der Waals surface area contributed by atoms with Crippen LogP contribution < -0.4 is 11.2 Å². The Bertz CT molecular complexity index is 649. The van der Waals surface area contributed by atoms with Crippen molar-refractivity contribution in [1.29, 1.82) is 0 Å². The first kappa shape index (κ1) is 14.3. The van der Waals surface area contributed by atoms with Gasteiger partial charge in [-0.05, 0) is 31.2 Å². The van der Waals surface area contributed by atoms with Crippen LogP contribution in [0.5, 0.6) is 0 Å². The molecule has 0 fully saturated rings. The van der Waals surface area contributed by atoms with Gasteiger partial charge >= 0.3 is 0 Å². The zero-order chi connectivity index (χ0) is 14.7. The lowest BCUT2D eigenvalue weighted by Crippen LogP contribution is -2.37. The Kier molecular flexibility index (Phi) is 4.22. The predicted octanol–water partition coefficient (Wildman–Crippen LogP) is 1.79. The van der Waals surface area contributed by atoms with Gasteiger partial charge in [0.25, 0.3) is 5.91 Å². The maximum Gasteiger partial charge on any atom is 0.255 e. The zero-order valence-corrected chi connectivity index (χ0v) is 11.6. The standard InChI is InChI=1S/C14H14ClN3O2/c1-9(16)14(20)17-18-8-4-7-12(18)13(19)10-5-2-3-6-11(10)15/h2-9H,16H2,1H3,(H,17,20). The maximum absolute atomic E-state index is 12.4. The number of aromatic nitrogens is 1. The fraction of sp³-hybridized carbons (Fsp3) is 0.143. The van der Waals surface area contributed by atoms with Crippen molar-refractivity contribution in [3.63, 3.8) is 0 Å². The molecule has 1 atom stereocenters. The van der Waals surface area contributed by atoms with Crippen molar-refractivity contribution >= 4 is 23.3 Å². The van der Waals surface area contributed by atoms with Crippen LogP contribution in [0, 0.1) is 0 Å². The summed E-state index contributed by atoms with van der Waals surface area (Å²) in [6.45, 7) is 1.56. The second-order valence-electron chi connectivity index (χ2n) is 4.34. The van der Waals surface area contributed by atoms with E-state index in [2.05, 4.69) is 5.43 Å². The van der Waals surface area contributed by atoms with E-state index in [-0.39, 0.29) is 11.7 Å². The van der Waals surface area contributed by atoms with Gasteiger partial charge < -0.3 is 5.73 Å². The van der Waals surface area contributed by atoms with E-state index in [0.717, 1.165) is 0 Å². The van der Waals surface area contributed by atoms with E-state index in [1.54, 1.807) is 49.5 Å². The quantitative estimate of drug-likeness (QED) is 0.843. The molecule has 0 bridgehead atoms. The highest BCUT2D eigenvalue weighted by Gasteiger charge is 2.17. The van der Waals surface area contributed by atoms with E-state index in [1.165, 1.54) is 4.68 Å². The number of nitrogens with one attached hydrogen (secondary N) is 1. The smallest absolute Gasteiger partial charge is 0.255 e. The van der Waals surface area contributed by atoms with Crippen molar-refractivity contribution in [3.05, 3.63) is 58.9 Å². The Labute approximate surface area is 121 Å². The highest BCUT2D eigenvalue weighted by Crippen LogP contribution is 2.19. The van der Waals surface area contributed by atoms with E-state index < -0.39 is 6.04 Å². The fourth-order valence-electron chi connectivity index (χ4n) is 1.67. The normalized spacial score (nSPS) is 11.9. The molecule has 20 heavy (non-hydrogen) atoms. The summed E-state index contributed by atoms with van der Waals surface area (Å²) in [6, 6.07) is 9.35. The lowest BCUT2D eigenvalue weighted by atomic mass is 10.1. The SMILES string of the molecule is CC(N)C(=O)Nn1cccc1C(=O)c1ccccc1Cl. The molecule has 1 aromatic carbocycles. The minimum Gasteiger partial charge on any atom is -0.320 e. The first-order valence-electron chi connectivity index (χ1n) is 6.03. The predicted molar refractivity (Wildman–Crippen MR) is 77.3 cm³/mol. The van der Waals surface area contributed by atoms with Gasteiger partial charge in [0.1, 0.15) is 5.69 Å². The molecule has 5 nitrogen and oxygen atoms in total. The average molecular weight is 292 g/mol. The molecule has 3 N–H and O–H groups in total. The summed E-state index contributed by atoms with van der Waals surface area (Å²) in [5, 5.41) is 0.365. The molecule has 1 amide bonds. The van der Waals surface area contributed by atoms with Crippen molar-refractivity contribution in [2.75, 3.05) is 5.43 Å². The second kappa shape index (κ2) is 5.90. The lowest BCUT2D eigenvalue weighted by molar-refractivity contribution is -0.117. The van der Waals surface area contributed by atoms with Crippen molar-refractivity contribution < 1.29 is 9.59 Å². The Morgan fingerprint density at radius 3 is 2.60 bits per heavy atom. The van der Waals surface area contributed by atoms with Crippen LogP contribution in [0.2, 0.25) is 5.02 Å². The summed E-state index contributed by atoms with van der Waals surface area (Å²) >= 11 is 6.01. The Balaban J connectivity index is 2.31. The van der Waals surface area contributed by atoms with Gasteiger partial charge in [0, 0.05) is 11.8 Å². The molecule has 6 heteroatoms. The van der Waals surface area contributed by atoms with Crippen molar-refractivity contribution in [3.8, 4) is 0 Å².